The molecule has 9 heteroatoms. The third-order valence-electron chi connectivity index (χ3n) is 3.78. The Bertz CT molecular complexity index is 771. The van der Waals surface area contributed by atoms with E-state index in [2.05, 4.69) is 10.3 Å². The molecule has 132 valence electrons. The zero-order valence-electron chi connectivity index (χ0n) is 13.1. The van der Waals surface area contributed by atoms with Gasteiger partial charge in [0, 0.05) is 29.7 Å². The lowest BCUT2D eigenvalue weighted by molar-refractivity contribution is -0.124. The highest BCUT2D eigenvalue weighted by Gasteiger charge is 2.35. The molecule has 1 aromatic carbocycles. The second kappa shape index (κ2) is 7.92. The molecule has 0 unspecified atom stereocenters. The Morgan fingerprint density at radius 2 is 2.16 bits per heavy atom. The smallest absolute Gasteiger partial charge is 0.255 e. The van der Waals surface area contributed by atoms with Crippen molar-refractivity contribution in [1.82, 2.24) is 15.2 Å². The zero-order valence-corrected chi connectivity index (χ0v) is 14.7. The molecule has 1 aliphatic rings. The summed E-state index contributed by atoms with van der Waals surface area (Å²) in [4.78, 5) is 30.4. The minimum Gasteiger partial charge on any atom is -0.354 e. The molecule has 1 N–H and O–H groups in total. The highest BCUT2D eigenvalue weighted by molar-refractivity contribution is 7.99. The third kappa shape index (κ3) is 4.16. The van der Waals surface area contributed by atoms with Crippen LogP contribution in [0.25, 0.3) is 0 Å². The van der Waals surface area contributed by atoms with E-state index in [9.17, 15) is 18.4 Å². The van der Waals surface area contributed by atoms with Gasteiger partial charge in [-0.3, -0.25) is 9.59 Å². The number of hydrogen-bond acceptors (Lipinski definition) is 5. The summed E-state index contributed by atoms with van der Waals surface area (Å²) in [7, 11) is 0. The van der Waals surface area contributed by atoms with Crippen molar-refractivity contribution in [2.75, 3.05) is 18.2 Å². The van der Waals surface area contributed by atoms with Crippen LogP contribution in [0.5, 0.6) is 0 Å². The van der Waals surface area contributed by atoms with Crippen molar-refractivity contribution in [2.24, 2.45) is 0 Å². The first-order valence-corrected chi connectivity index (χ1v) is 9.64. The van der Waals surface area contributed by atoms with Gasteiger partial charge in [-0.2, -0.15) is 0 Å². The van der Waals surface area contributed by atoms with Gasteiger partial charge in [0.2, 0.25) is 5.91 Å². The van der Waals surface area contributed by atoms with Gasteiger partial charge in [-0.25, -0.2) is 13.8 Å². The second-order valence-electron chi connectivity index (χ2n) is 5.44. The van der Waals surface area contributed by atoms with E-state index in [-0.39, 0.29) is 11.5 Å². The van der Waals surface area contributed by atoms with E-state index in [1.54, 1.807) is 5.51 Å². The van der Waals surface area contributed by atoms with E-state index < -0.39 is 23.6 Å². The lowest BCUT2D eigenvalue weighted by atomic mass is 10.1. The van der Waals surface area contributed by atoms with Crippen LogP contribution in [-0.2, 0) is 11.2 Å². The number of thioether (sulfide) groups is 1. The topological polar surface area (TPSA) is 62.3 Å². The largest absolute Gasteiger partial charge is 0.354 e. The molecule has 1 atom stereocenters. The van der Waals surface area contributed by atoms with Gasteiger partial charge in [-0.1, -0.05) is 0 Å². The first-order valence-electron chi connectivity index (χ1n) is 7.55. The number of nitrogens with zero attached hydrogens (tertiary/aromatic N) is 2. The fraction of sp³-hybridized carbons (Fsp3) is 0.312. The second-order valence-corrected chi connectivity index (χ2v) is 7.16. The van der Waals surface area contributed by atoms with E-state index in [0.29, 0.717) is 24.6 Å². The number of hydrogen-bond donors (Lipinski definition) is 1. The van der Waals surface area contributed by atoms with Crippen LogP contribution in [-0.4, -0.2) is 45.9 Å². The van der Waals surface area contributed by atoms with Gasteiger partial charge < -0.3 is 10.2 Å². The van der Waals surface area contributed by atoms with Crippen molar-refractivity contribution in [3.05, 3.63) is 52.0 Å². The Morgan fingerprint density at radius 3 is 2.88 bits per heavy atom. The average molecular weight is 383 g/mol. The lowest BCUT2D eigenvalue weighted by Gasteiger charge is -2.23. The number of amides is 2. The third-order valence-corrected chi connectivity index (χ3v) is 5.42. The molecular formula is C16H15F2N3O2S2. The standard InChI is InChI=1S/C16H15F2N3O2S2/c17-12-2-1-10(5-13(12)18)16(23)21-9-25-7-14(21)15(22)19-4-3-11-6-24-8-20-11/h1-2,5-6,8,14H,3-4,7,9H2,(H,19,22)/t14-/m1/s1. The Hall–Kier alpha value is -2.00. The Labute approximate surface area is 151 Å². The minimum absolute atomic E-state index is 0.0293. The van der Waals surface area contributed by atoms with Crippen LogP contribution in [0.15, 0.2) is 29.1 Å². The van der Waals surface area contributed by atoms with Crippen LogP contribution in [0.1, 0.15) is 16.1 Å². The molecule has 2 amide bonds. The first-order chi connectivity index (χ1) is 12.1. The predicted molar refractivity (Wildman–Crippen MR) is 92.5 cm³/mol. The quantitative estimate of drug-likeness (QED) is 0.861. The summed E-state index contributed by atoms with van der Waals surface area (Å²) < 4.78 is 26.4. The number of carbonyl (C=O) groups excluding carboxylic acids is 2. The molecule has 0 saturated carbocycles. The monoisotopic (exact) mass is 383 g/mol. The van der Waals surface area contributed by atoms with Crippen LogP contribution in [0.2, 0.25) is 0 Å². The zero-order chi connectivity index (χ0) is 17.8. The lowest BCUT2D eigenvalue weighted by Crippen LogP contribution is -2.47. The SMILES string of the molecule is O=C(NCCc1cscn1)[C@H]1CSCN1C(=O)c1ccc(F)c(F)c1. The molecule has 2 heterocycles. The van der Waals surface area contributed by atoms with Crippen molar-refractivity contribution < 1.29 is 18.4 Å². The molecule has 0 spiro atoms. The van der Waals surface area contributed by atoms with E-state index in [1.807, 2.05) is 5.38 Å². The fourth-order valence-corrected chi connectivity index (χ4v) is 4.19. The summed E-state index contributed by atoms with van der Waals surface area (Å²) in [5.41, 5.74) is 2.66. The highest BCUT2D eigenvalue weighted by atomic mass is 32.2. The molecule has 1 fully saturated rings. The molecular weight excluding hydrogens is 368 g/mol. The minimum atomic E-state index is -1.08. The molecule has 0 aliphatic carbocycles. The van der Waals surface area contributed by atoms with Gasteiger partial charge in [-0.15, -0.1) is 23.1 Å². The Kier molecular flexibility index (Phi) is 5.64. The van der Waals surface area contributed by atoms with Crippen molar-refractivity contribution >= 4 is 34.9 Å². The molecule has 1 aromatic heterocycles. The van der Waals surface area contributed by atoms with Crippen LogP contribution < -0.4 is 5.32 Å². The van der Waals surface area contributed by atoms with E-state index >= 15 is 0 Å². The summed E-state index contributed by atoms with van der Waals surface area (Å²) in [5.74, 6) is -2.02. The van der Waals surface area contributed by atoms with Gasteiger partial charge in [-0.05, 0) is 18.2 Å². The molecule has 2 aromatic rings. The fourth-order valence-electron chi connectivity index (χ4n) is 2.45. The predicted octanol–water partition coefficient (Wildman–Crippen LogP) is 2.30. The highest BCUT2D eigenvalue weighted by Crippen LogP contribution is 2.24. The van der Waals surface area contributed by atoms with Crippen LogP contribution in [0.4, 0.5) is 8.78 Å². The van der Waals surface area contributed by atoms with Crippen molar-refractivity contribution in [3.8, 4) is 0 Å². The molecule has 5 nitrogen and oxygen atoms in total. The number of thiazole rings is 1. The number of halogens is 2. The number of rotatable bonds is 5. The molecule has 0 bridgehead atoms. The number of carbonyl (C=O) groups is 2. The average Bonchev–Trinajstić information content (AvgIpc) is 3.28. The van der Waals surface area contributed by atoms with E-state index in [1.165, 1.54) is 34.1 Å². The number of benzene rings is 1. The first kappa shape index (κ1) is 17.8. The maximum atomic E-state index is 13.3. The molecule has 3 rings (SSSR count). The normalized spacial score (nSPS) is 16.9. The summed E-state index contributed by atoms with van der Waals surface area (Å²) >= 11 is 2.94. The Morgan fingerprint density at radius 1 is 1.32 bits per heavy atom. The van der Waals surface area contributed by atoms with Crippen molar-refractivity contribution in [2.45, 2.75) is 12.5 Å². The molecule has 1 saturated heterocycles. The molecule has 25 heavy (non-hydrogen) atoms. The van der Waals surface area contributed by atoms with Gasteiger partial charge in [0.1, 0.15) is 6.04 Å². The van der Waals surface area contributed by atoms with Crippen LogP contribution in [0, 0.1) is 11.6 Å². The molecule has 1 aliphatic heterocycles. The summed E-state index contributed by atoms with van der Waals surface area (Å²) in [6.07, 6.45) is 0.617. The van der Waals surface area contributed by atoms with Gasteiger partial charge in [0.25, 0.3) is 5.91 Å². The number of aromatic nitrogens is 1. The summed E-state index contributed by atoms with van der Waals surface area (Å²) in [6.45, 7) is 0.428. The van der Waals surface area contributed by atoms with E-state index in [0.717, 1.165) is 17.8 Å². The number of nitrogens with one attached hydrogen (secondary N) is 1. The van der Waals surface area contributed by atoms with Gasteiger partial charge >= 0.3 is 0 Å². The van der Waals surface area contributed by atoms with Gasteiger partial charge in [0.05, 0.1) is 17.1 Å². The Balaban J connectivity index is 1.61. The molecule has 0 radical (unpaired) electrons. The van der Waals surface area contributed by atoms with E-state index in [4.69, 9.17) is 0 Å². The maximum Gasteiger partial charge on any atom is 0.255 e. The van der Waals surface area contributed by atoms with Crippen LogP contribution in [0.3, 0.4) is 0 Å². The summed E-state index contributed by atoms with van der Waals surface area (Å²) in [5, 5.41) is 4.72. The van der Waals surface area contributed by atoms with Gasteiger partial charge in [0.15, 0.2) is 11.6 Å². The van der Waals surface area contributed by atoms with Crippen molar-refractivity contribution in [1.29, 1.82) is 0 Å². The maximum absolute atomic E-state index is 13.3. The van der Waals surface area contributed by atoms with Crippen molar-refractivity contribution in [3.63, 3.8) is 0 Å². The summed E-state index contributed by atoms with van der Waals surface area (Å²) in [6, 6.07) is 2.37. The van der Waals surface area contributed by atoms with Crippen LogP contribution >= 0.6 is 23.1 Å².